The van der Waals surface area contributed by atoms with Crippen LogP contribution in [-0.4, -0.2) is 50.5 Å². The molecule has 0 bridgehead atoms. The van der Waals surface area contributed by atoms with Crippen LogP contribution in [0.4, 0.5) is 23.7 Å². The van der Waals surface area contributed by atoms with Crippen molar-refractivity contribution >= 4 is 28.7 Å². The number of H-pyrrole nitrogens is 1. The number of imide groups is 1. The Balaban J connectivity index is 1.25. The molecule has 172 valence electrons. The second-order valence-electron chi connectivity index (χ2n) is 8.15. The number of nitrogens with zero attached hydrogens (tertiary/aromatic N) is 4. The molecule has 1 aliphatic carbocycles. The van der Waals surface area contributed by atoms with Gasteiger partial charge in [0.25, 0.3) is 5.91 Å². The largest absolute Gasteiger partial charge is 0.474 e. The lowest BCUT2D eigenvalue weighted by molar-refractivity contribution is -0.137. The summed E-state index contributed by atoms with van der Waals surface area (Å²) >= 11 is 0. The van der Waals surface area contributed by atoms with E-state index in [4.69, 9.17) is 4.74 Å². The number of urea groups is 1. The number of aromatic amines is 1. The summed E-state index contributed by atoms with van der Waals surface area (Å²) in [4.78, 5) is 39.2. The fraction of sp³-hybridized carbons (Fsp3) is 0.364. The molecule has 0 unspecified atom stereocenters. The minimum Gasteiger partial charge on any atom is -0.474 e. The van der Waals surface area contributed by atoms with Gasteiger partial charge in [-0.25, -0.2) is 14.8 Å². The van der Waals surface area contributed by atoms with Crippen molar-refractivity contribution in [1.29, 1.82) is 0 Å². The smallest absolute Gasteiger partial charge is 0.416 e. The Morgan fingerprint density at radius 1 is 1.06 bits per heavy atom. The molecular formula is C22H20F3N5O3. The van der Waals surface area contributed by atoms with Crippen molar-refractivity contribution in [2.75, 3.05) is 11.4 Å². The molecule has 1 aromatic carbocycles. The number of fused-ring (bicyclic) bond motifs is 1. The number of halogens is 3. The third-order valence-electron chi connectivity index (χ3n) is 6.09. The number of alkyl halides is 3. The van der Waals surface area contributed by atoms with E-state index < -0.39 is 23.7 Å². The van der Waals surface area contributed by atoms with Gasteiger partial charge in [0, 0.05) is 17.9 Å². The van der Waals surface area contributed by atoms with E-state index in [0.29, 0.717) is 37.2 Å². The molecule has 1 aliphatic heterocycles. The first-order valence-electron chi connectivity index (χ1n) is 10.6. The van der Waals surface area contributed by atoms with Crippen LogP contribution in [0.2, 0.25) is 0 Å². The Labute approximate surface area is 186 Å². The molecule has 0 atom stereocenters. The number of carbonyl (C=O) groups is 2. The molecule has 2 fully saturated rings. The molecular weight excluding hydrogens is 439 g/mol. The Morgan fingerprint density at radius 2 is 1.85 bits per heavy atom. The number of rotatable bonds is 4. The number of hydrogen-bond donors (Lipinski definition) is 1. The summed E-state index contributed by atoms with van der Waals surface area (Å²) in [6.07, 6.45) is 0.827. The Morgan fingerprint density at radius 3 is 2.61 bits per heavy atom. The normalized spacial score (nSPS) is 21.8. The number of aromatic nitrogens is 3. The van der Waals surface area contributed by atoms with Crippen LogP contribution >= 0.6 is 0 Å². The molecule has 1 N–H and O–H groups in total. The number of amides is 3. The predicted molar refractivity (Wildman–Crippen MR) is 112 cm³/mol. The van der Waals surface area contributed by atoms with Crippen molar-refractivity contribution in [3.05, 3.63) is 48.4 Å². The Kier molecular flexibility index (Phi) is 5.18. The molecule has 0 spiro atoms. The average molecular weight is 459 g/mol. The van der Waals surface area contributed by atoms with Crippen LogP contribution in [0.1, 0.15) is 31.2 Å². The lowest BCUT2D eigenvalue weighted by Crippen LogP contribution is -2.44. The van der Waals surface area contributed by atoms with E-state index in [1.165, 1.54) is 23.4 Å². The van der Waals surface area contributed by atoms with Gasteiger partial charge in [0.15, 0.2) is 0 Å². The van der Waals surface area contributed by atoms with Gasteiger partial charge >= 0.3 is 12.2 Å². The maximum Gasteiger partial charge on any atom is 0.416 e. The van der Waals surface area contributed by atoms with Crippen molar-refractivity contribution in [3.63, 3.8) is 0 Å². The highest BCUT2D eigenvalue weighted by atomic mass is 19.4. The zero-order valence-electron chi connectivity index (χ0n) is 17.4. The molecule has 2 aliphatic rings. The fourth-order valence-corrected chi connectivity index (χ4v) is 4.45. The summed E-state index contributed by atoms with van der Waals surface area (Å²) in [5.74, 6) is 0.0698. The van der Waals surface area contributed by atoms with E-state index in [-0.39, 0.29) is 24.4 Å². The number of hydrogen-bond acceptors (Lipinski definition) is 5. The molecule has 11 heteroatoms. The van der Waals surface area contributed by atoms with Crippen molar-refractivity contribution in [2.24, 2.45) is 0 Å². The Bertz CT molecular complexity index is 1200. The highest BCUT2D eigenvalue weighted by molar-refractivity contribution is 6.12. The zero-order valence-corrected chi connectivity index (χ0v) is 17.4. The van der Waals surface area contributed by atoms with Crippen molar-refractivity contribution in [1.82, 2.24) is 19.9 Å². The third kappa shape index (κ3) is 3.98. The second-order valence-corrected chi connectivity index (χ2v) is 8.15. The minimum absolute atomic E-state index is 0.0574. The monoisotopic (exact) mass is 459 g/mol. The third-order valence-corrected chi connectivity index (χ3v) is 6.09. The van der Waals surface area contributed by atoms with Crippen LogP contribution in [-0.2, 0) is 11.0 Å². The van der Waals surface area contributed by atoms with Crippen LogP contribution in [0.15, 0.2) is 42.9 Å². The molecule has 5 rings (SSSR count). The van der Waals surface area contributed by atoms with Crippen LogP contribution in [0.25, 0.3) is 11.0 Å². The van der Waals surface area contributed by atoms with Crippen molar-refractivity contribution in [2.45, 2.75) is 44.0 Å². The summed E-state index contributed by atoms with van der Waals surface area (Å²) < 4.78 is 45.2. The van der Waals surface area contributed by atoms with E-state index in [1.54, 1.807) is 6.20 Å². The first-order chi connectivity index (χ1) is 15.8. The summed E-state index contributed by atoms with van der Waals surface area (Å²) in [6, 6.07) is 5.38. The van der Waals surface area contributed by atoms with Crippen LogP contribution in [0.5, 0.6) is 5.88 Å². The molecule has 33 heavy (non-hydrogen) atoms. The number of anilines is 1. The molecule has 3 amide bonds. The number of nitrogens with one attached hydrogen (secondary N) is 1. The summed E-state index contributed by atoms with van der Waals surface area (Å²) in [5, 5.41) is 0.779. The van der Waals surface area contributed by atoms with Gasteiger partial charge in [-0.1, -0.05) is 6.07 Å². The quantitative estimate of drug-likeness (QED) is 0.593. The van der Waals surface area contributed by atoms with Crippen LogP contribution in [0, 0.1) is 0 Å². The van der Waals surface area contributed by atoms with E-state index in [0.717, 1.165) is 22.4 Å². The Hall–Kier alpha value is -3.63. The van der Waals surface area contributed by atoms with Crippen molar-refractivity contribution in [3.8, 4) is 5.88 Å². The van der Waals surface area contributed by atoms with Crippen LogP contribution in [0.3, 0.4) is 0 Å². The van der Waals surface area contributed by atoms with Gasteiger partial charge in [0.2, 0.25) is 5.88 Å². The molecule has 8 nitrogen and oxygen atoms in total. The van der Waals surface area contributed by atoms with Gasteiger partial charge in [-0.05, 0) is 49.9 Å². The SMILES string of the molecule is O=C1CN(c2cccc(C(F)(F)F)c2)C(=O)N1C1CCC(Oc2ncnc3[nH]ccc23)CC1. The maximum atomic E-state index is 13.1. The van der Waals surface area contributed by atoms with E-state index in [1.807, 2.05) is 6.07 Å². The summed E-state index contributed by atoms with van der Waals surface area (Å²) in [7, 11) is 0. The fourth-order valence-electron chi connectivity index (χ4n) is 4.45. The first-order valence-corrected chi connectivity index (χ1v) is 10.6. The van der Waals surface area contributed by atoms with Crippen molar-refractivity contribution < 1.29 is 27.5 Å². The molecule has 2 aromatic heterocycles. The molecule has 1 saturated heterocycles. The predicted octanol–water partition coefficient (Wildman–Crippen LogP) is 4.14. The zero-order chi connectivity index (χ0) is 23.2. The first kappa shape index (κ1) is 21.2. The number of carbonyl (C=O) groups excluding carboxylic acids is 2. The lowest BCUT2D eigenvalue weighted by atomic mass is 9.92. The highest BCUT2D eigenvalue weighted by Crippen LogP contribution is 2.35. The minimum atomic E-state index is -4.53. The maximum absolute atomic E-state index is 13.1. The molecule has 3 aromatic rings. The van der Waals surface area contributed by atoms with E-state index in [2.05, 4.69) is 15.0 Å². The van der Waals surface area contributed by atoms with E-state index in [9.17, 15) is 22.8 Å². The lowest BCUT2D eigenvalue weighted by Gasteiger charge is -2.33. The molecule has 0 radical (unpaired) electrons. The molecule has 1 saturated carbocycles. The van der Waals surface area contributed by atoms with Crippen LogP contribution < -0.4 is 9.64 Å². The van der Waals surface area contributed by atoms with Gasteiger partial charge in [-0.3, -0.25) is 14.6 Å². The van der Waals surface area contributed by atoms with Gasteiger partial charge < -0.3 is 9.72 Å². The van der Waals surface area contributed by atoms with Gasteiger partial charge in [-0.2, -0.15) is 13.2 Å². The summed E-state index contributed by atoms with van der Waals surface area (Å²) in [5.41, 5.74) is -0.129. The standard InChI is InChI=1S/C22H20F3N5O3/c23-22(24,25)13-2-1-3-15(10-13)29-11-18(31)30(21(29)32)14-4-6-16(7-5-14)33-20-17-8-9-26-19(17)27-12-28-20/h1-3,8-10,12,14,16H,4-7,11H2,(H,26,27,28). The number of ether oxygens (including phenoxy) is 1. The highest BCUT2D eigenvalue weighted by Gasteiger charge is 2.43. The average Bonchev–Trinajstić information content (AvgIpc) is 3.39. The number of benzene rings is 1. The molecule has 3 heterocycles. The van der Waals surface area contributed by atoms with Gasteiger partial charge in [0.05, 0.1) is 10.9 Å². The topological polar surface area (TPSA) is 91.4 Å². The summed E-state index contributed by atoms with van der Waals surface area (Å²) in [6.45, 7) is -0.275. The van der Waals surface area contributed by atoms with E-state index >= 15 is 0 Å². The van der Waals surface area contributed by atoms with Gasteiger partial charge in [-0.15, -0.1) is 0 Å². The second kappa shape index (κ2) is 8.05. The van der Waals surface area contributed by atoms with Gasteiger partial charge in [0.1, 0.15) is 24.6 Å².